The molecule has 0 atom stereocenters. The van der Waals surface area contributed by atoms with Gasteiger partial charge in [0.05, 0.1) is 0 Å². The van der Waals surface area contributed by atoms with Crippen molar-refractivity contribution in [2.45, 2.75) is 87.5 Å². The third kappa shape index (κ3) is 4.08. The largest absolute Gasteiger partial charge is 0.381 e. The van der Waals surface area contributed by atoms with Crippen LogP contribution in [0.2, 0.25) is 0 Å². The molecular formula is C21H42O. The van der Waals surface area contributed by atoms with Crippen LogP contribution in [0, 0.1) is 34.5 Å². The molecule has 1 heteroatoms. The summed E-state index contributed by atoms with van der Waals surface area (Å²) in [6, 6.07) is 0. The Morgan fingerprint density at radius 2 is 0.864 bits per heavy atom. The van der Waals surface area contributed by atoms with Crippen LogP contribution in [0.4, 0.5) is 0 Å². The van der Waals surface area contributed by atoms with Crippen molar-refractivity contribution in [3.63, 3.8) is 0 Å². The normalized spacial score (nSPS) is 23.5. The lowest BCUT2D eigenvalue weighted by Crippen LogP contribution is -2.39. The van der Waals surface area contributed by atoms with Crippen molar-refractivity contribution in [1.82, 2.24) is 0 Å². The Hall–Kier alpha value is -0.0400. The predicted molar refractivity (Wildman–Crippen MR) is 98.1 cm³/mol. The summed E-state index contributed by atoms with van der Waals surface area (Å²) in [7, 11) is 0. The molecule has 0 unspecified atom stereocenters. The van der Waals surface area contributed by atoms with E-state index < -0.39 is 0 Å². The van der Waals surface area contributed by atoms with Gasteiger partial charge >= 0.3 is 0 Å². The Labute approximate surface area is 140 Å². The lowest BCUT2D eigenvalue weighted by atomic mass is 9.56. The van der Waals surface area contributed by atoms with E-state index in [0.717, 1.165) is 42.3 Å². The van der Waals surface area contributed by atoms with Gasteiger partial charge in [0, 0.05) is 13.2 Å². The first-order valence-corrected chi connectivity index (χ1v) is 9.77. The first-order valence-electron chi connectivity index (χ1n) is 9.77. The van der Waals surface area contributed by atoms with E-state index in [1.54, 1.807) is 0 Å². The van der Waals surface area contributed by atoms with E-state index >= 15 is 0 Å². The van der Waals surface area contributed by atoms with Gasteiger partial charge in [-0.25, -0.2) is 0 Å². The molecule has 2 aliphatic rings. The maximum absolute atomic E-state index is 5.43. The van der Waals surface area contributed by atoms with E-state index in [0.29, 0.717) is 5.41 Å². The average Bonchev–Trinajstić information content (AvgIpc) is 2.37. The van der Waals surface area contributed by atoms with E-state index in [2.05, 4.69) is 55.4 Å². The van der Waals surface area contributed by atoms with Crippen LogP contribution in [0.25, 0.3) is 0 Å². The van der Waals surface area contributed by atoms with Crippen molar-refractivity contribution in [3.8, 4) is 0 Å². The zero-order valence-electron chi connectivity index (χ0n) is 16.7. The minimum Gasteiger partial charge on any atom is -0.381 e. The molecule has 132 valence electrons. The number of rotatable bonds is 4. The highest BCUT2D eigenvalue weighted by Crippen LogP contribution is 2.52. The molecule has 1 saturated heterocycles. The highest BCUT2D eigenvalue weighted by Gasteiger charge is 2.42. The van der Waals surface area contributed by atoms with Crippen molar-refractivity contribution in [3.05, 3.63) is 0 Å². The van der Waals surface area contributed by atoms with Gasteiger partial charge in [-0.1, -0.05) is 61.8 Å². The van der Waals surface area contributed by atoms with Gasteiger partial charge in [0.2, 0.25) is 0 Å². The van der Waals surface area contributed by atoms with Gasteiger partial charge in [-0.3, -0.25) is 0 Å². The van der Waals surface area contributed by atoms with Crippen molar-refractivity contribution in [1.29, 1.82) is 0 Å². The summed E-state index contributed by atoms with van der Waals surface area (Å²) in [5, 5.41) is 0. The number of ether oxygens (including phenoxy) is 1. The topological polar surface area (TPSA) is 9.23 Å². The summed E-state index contributed by atoms with van der Waals surface area (Å²) in [4.78, 5) is 0. The average molecular weight is 311 g/mol. The SMILES string of the molecule is CC(C)C1(C(C)C)CCC1.CC(C)C1(C(C)C)CCOCC1. The fourth-order valence-electron chi connectivity index (χ4n) is 4.98. The summed E-state index contributed by atoms with van der Waals surface area (Å²) < 4.78 is 5.43. The molecule has 0 aromatic carbocycles. The Morgan fingerprint density at radius 1 is 0.545 bits per heavy atom. The maximum atomic E-state index is 5.43. The molecule has 1 aliphatic carbocycles. The molecule has 1 aliphatic heterocycles. The van der Waals surface area contributed by atoms with Gasteiger partial charge in [0.1, 0.15) is 0 Å². The van der Waals surface area contributed by atoms with Gasteiger partial charge in [-0.15, -0.1) is 0 Å². The Bertz CT molecular complexity index is 284. The Morgan fingerprint density at radius 3 is 1.00 bits per heavy atom. The molecule has 0 N–H and O–H groups in total. The molecule has 0 spiro atoms. The van der Waals surface area contributed by atoms with E-state index in [1.807, 2.05) is 0 Å². The van der Waals surface area contributed by atoms with E-state index in [9.17, 15) is 0 Å². The van der Waals surface area contributed by atoms with E-state index in [1.165, 1.54) is 32.1 Å². The van der Waals surface area contributed by atoms with Crippen LogP contribution < -0.4 is 0 Å². The van der Waals surface area contributed by atoms with Gasteiger partial charge in [0.25, 0.3) is 0 Å². The van der Waals surface area contributed by atoms with Crippen LogP contribution in [0.5, 0.6) is 0 Å². The summed E-state index contributed by atoms with van der Waals surface area (Å²) in [5.41, 5.74) is 1.28. The maximum Gasteiger partial charge on any atom is 0.0471 e. The van der Waals surface area contributed by atoms with Crippen LogP contribution in [0.15, 0.2) is 0 Å². The highest BCUT2D eigenvalue weighted by molar-refractivity contribution is 4.92. The molecule has 2 rings (SSSR count). The first-order chi connectivity index (χ1) is 10.2. The van der Waals surface area contributed by atoms with E-state index in [-0.39, 0.29) is 0 Å². The second-order valence-electron chi connectivity index (χ2n) is 9.05. The second-order valence-corrected chi connectivity index (χ2v) is 9.05. The number of hydrogen-bond acceptors (Lipinski definition) is 1. The van der Waals surface area contributed by atoms with Crippen molar-refractivity contribution >= 4 is 0 Å². The minimum absolute atomic E-state index is 0.554. The first kappa shape index (κ1) is 20.0. The molecule has 0 amide bonds. The minimum atomic E-state index is 0.554. The summed E-state index contributed by atoms with van der Waals surface area (Å²) in [6.45, 7) is 20.8. The molecule has 1 nitrogen and oxygen atoms in total. The second kappa shape index (κ2) is 8.18. The highest BCUT2D eigenvalue weighted by atomic mass is 16.5. The van der Waals surface area contributed by atoms with Crippen LogP contribution in [0.1, 0.15) is 87.5 Å². The van der Waals surface area contributed by atoms with E-state index in [4.69, 9.17) is 4.74 Å². The standard InChI is InChI=1S/C11H22O.C10H20/c1-9(2)11(10(3)4)5-7-12-8-6-11;1-8(2)10(9(3)4)6-5-7-10/h9-10H,5-8H2,1-4H3;8-9H,5-7H2,1-4H3. The Kier molecular flexibility index (Phi) is 7.43. The predicted octanol–water partition coefficient (Wildman–Crippen LogP) is 6.56. The zero-order valence-corrected chi connectivity index (χ0v) is 16.7. The molecular weight excluding hydrogens is 268 g/mol. The van der Waals surface area contributed by atoms with Crippen molar-refractivity contribution in [2.24, 2.45) is 34.5 Å². The fraction of sp³-hybridized carbons (Fsp3) is 1.00. The fourth-order valence-corrected chi connectivity index (χ4v) is 4.98. The molecule has 0 aromatic rings. The summed E-state index contributed by atoms with van der Waals surface area (Å²) in [5.74, 6) is 3.37. The smallest absolute Gasteiger partial charge is 0.0471 e. The molecule has 0 bridgehead atoms. The molecule has 1 saturated carbocycles. The zero-order chi connectivity index (χ0) is 17.0. The molecule has 0 aromatic heterocycles. The summed E-state index contributed by atoms with van der Waals surface area (Å²) in [6.07, 6.45) is 6.92. The van der Waals surface area contributed by atoms with Gasteiger partial charge in [-0.05, 0) is 60.2 Å². The van der Waals surface area contributed by atoms with Crippen LogP contribution >= 0.6 is 0 Å². The monoisotopic (exact) mass is 310 g/mol. The molecule has 22 heavy (non-hydrogen) atoms. The van der Waals surface area contributed by atoms with Gasteiger partial charge < -0.3 is 4.74 Å². The lowest BCUT2D eigenvalue weighted by Gasteiger charge is -2.49. The third-order valence-electron chi connectivity index (χ3n) is 7.31. The van der Waals surface area contributed by atoms with Crippen LogP contribution in [-0.4, -0.2) is 13.2 Å². The van der Waals surface area contributed by atoms with Gasteiger partial charge in [-0.2, -0.15) is 0 Å². The van der Waals surface area contributed by atoms with Crippen LogP contribution in [-0.2, 0) is 4.74 Å². The molecule has 1 heterocycles. The van der Waals surface area contributed by atoms with Crippen molar-refractivity contribution in [2.75, 3.05) is 13.2 Å². The number of hydrogen-bond donors (Lipinski definition) is 0. The lowest BCUT2D eigenvalue weighted by molar-refractivity contribution is -0.0381. The molecule has 0 radical (unpaired) electrons. The third-order valence-corrected chi connectivity index (χ3v) is 7.31. The Balaban J connectivity index is 0.000000224. The van der Waals surface area contributed by atoms with Crippen molar-refractivity contribution < 1.29 is 4.74 Å². The molecule has 2 fully saturated rings. The van der Waals surface area contributed by atoms with Gasteiger partial charge in [0.15, 0.2) is 0 Å². The summed E-state index contributed by atoms with van der Waals surface area (Å²) >= 11 is 0. The quantitative estimate of drug-likeness (QED) is 0.571. The van der Waals surface area contributed by atoms with Crippen LogP contribution in [0.3, 0.4) is 0 Å².